The summed E-state index contributed by atoms with van der Waals surface area (Å²) < 4.78 is 1.85. The molecule has 1 saturated heterocycles. The molecule has 0 bridgehead atoms. The predicted octanol–water partition coefficient (Wildman–Crippen LogP) is 0.239. The Bertz CT molecular complexity index is 1510. The molecule has 2 amide bonds. The molecular weight excluding hydrogens is 624 g/mol. The van der Waals surface area contributed by atoms with Crippen LogP contribution in [0, 0.1) is 6.92 Å². The van der Waals surface area contributed by atoms with Gasteiger partial charge in [0.2, 0.25) is 6.10 Å². The first kappa shape index (κ1) is 32.0. The van der Waals surface area contributed by atoms with Crippen LogP contribution < -0.4 is 26.3 Å². The van der Waals surface area contributed by atoms with Gasteiger partial charge in [-0.3, -0.25) is 14.5 Å². The van der Waals surface area contributed by atoms with Gasteiger partial charge in [0.05, 0.1) is 0 Å². The lowest BCUT2D eigenvalue weighted by molar-refractivity contribution is -0.689. The minimum absolute atomic E-state index is 0.00170. The first-order chi connectivity index (χ1) is 20.4. The van der Waals surface area contributed by atoms with Crippen molar-refractivity contribution in [3.05, 3.63) is 45.3 Å². The van der Waals surface area contributed by atoms with Gasteiger partial charge >= 0.3 is 11.9 Å². The molecule has 15 nitrogen and oxygen atoms in total. The van der Waals surface area contributed by atoms with Gasteiger partial charge in [-0.25, -0.2) is 19.1 Å². The number of nitrogens with zero attached hydrogens (tertiary/aromatic N) is 4. The number of hydrogen-bond donors (Lipinski definition) is 6. The molecule has 7 N–H and O–H groups in total. The number of thioether (sulfide) groups is 1. The van der Waals surface area contributed by atoms with Crippen molar-refractivity contribution in [2.24, 2.45) is 5.16 Å². The van der Waals surface area contributed by atoms with E-state index in [1.54, 1.807) is 0 Å². The summed E-state index contributed by atoms with van der Waals surface area (Å²) in [6, 6.07) is 0.816. The van der Waals surface area contributed by atoms with E-state index in [1.165, 1.54) is 18.7 Å². The van der Waals surface area contributed by atoms with Crippen LogP contribution in [0.15, 0.2) is 34.9 Å². The summed E-state index contributed by atoms with van der Waals surface area (Å²) in [5.41, 5.74) is 7.39. The Kier molecular flexibility index (Phi) is 10.1. The number of hydrogen-bond acceptors (Lipinski definition) is 12. The van der Waals surface area contributed by atoms with Crippen molar-refractivity contribution in [1.82, 2.24) is 20.5 Å². The Morgan fingerprint density at radius 3 is 2.70 bits per heavy atom. The highest BCUT2D eigenvalue weighted by Gasteiger charge is 2.55. The van der Waals surface area contributed by atoms with E-state index in [1.807, 2.05) is 37.0 Å². The Morgan fingerprint density at radius 1 is 1.35 bits per heavy atom. The molecular formula is C25H30ClN8O7S2+. The van der Waals surface area contributed by atoms with Crippen LogP contribution in [0.25, 0.3) is 0 Å². The van der Waals surface area contributed by atoms with Crippen molar-refractivity contribution in [3.63, 3.8) is 0 Å². The van der Waals surface area contributed by atoms with Crippen molar-refractivity contribution < 1.29 is 38.8 Å². The van der Waals surface area contributed by atoms with E-state index in [-0.39, 0.29) is 27.4 Å². The number of likely N-dealkylation sites (N-methyl/N-ethyl adjacent to an activating group) is 1. The van der Waals surface area contributed by atoms with E-state index in [0.717, 1.165) is 40.6 Å². The molecule has 4 heterocycles. The summed E-state index contributed by atoms with van der Waals surface area (Å²) in [6.45, 7) is 4.94. The van der Waals surface area contributed by atoms with E-state index in [2.05, 4.69) is 26.1 Å². The van der Waals surface area contributed by atoms with Crippen molar-refractivity contribution >= 4 is 75.0 Å². The Hall–Kier alpha value is -3.93. The van der Waals surface area contributed by atoms with E-state index in [4.69, 9.17) is 27.3 Å². The predicted molar refractivity (Wildman–Crippen MR) is 160 cm³/mol. The van der Waals surface area contributed by atoms with Gasteiger partial charge in [-0.15, -0.1) is 11.8 Å². The van der Waals surface area contributed by atoms with E-state index in [9.17, 15) is 24.3 Å². The molecule has 3 atom stereocenters. The molecule has 0 saturated carbocycles. The summed E-state index contributed by atoms with van der Waals surface area (Å²) in [5.74, 6) is -3.85. The average Bonchev–Trinajstić information content (AvgIpc) is 3.29. The highest BCUT2D eigenvalue weighted by molar-refractivity contribution is 8.00. The van der Waals surface area contributed by atoms with Crippen molar-refractivity contribution in [3.8, 4) is 0 Å². The number of carboxylic acids is 2. The minimum Gasteiger partial charge on any atom is -0.478 e. The van der Waals surface area contributed by atoms with Crippen LogP contribution in [-0.2, 0) is 30.6 Å². The SMILES string of the molecule is CNCCNc1cc[n+](CC2=C(C(=O)O)N3C(=O)C(NC(=O)C(=NO[C@@H](C)C(=O)O)c4nc(N)sc4Cl)C3SC2)cc1C. The number of aromatic nitrogens is 2. The monoisotopic (exact) mass is 653 g/mol. The van der Waals surface area contributed by atoms with Crippen LogP contribution >= 0.6 is 34.7 Å². The van der Waals surface area contributed by atoms with Crippen LogP contribution in [0.1, 0.15) is 18.2 Å². The van der Waals surface area contributed by atoms with Crippen molar-refractivity contribution in [2.45, 2.75) is 37.9 Å². The Morgan fingerprint density at radius 2 is 2.09 bits per heavy atom. The number of thiazole rings is 1. The number of fused-ring (bicyclic) bond motifs is 1. The molecule has 0 aliphatic carbocycles. The molecule has 2 aromatic rings. The number of nitrogens with two attached hydrogens (primary N) is 1. The summed E-state index contributed by atoms with van der Waals surface area (Å²) in [4.78, 5) is 60.0. The number of carbonyl (C=O) groups excluding carboxylic acids is 2. The van der Waals surface area contributed by atoms with Gasteiger partial charge in [0.25, 0.3) is 11.8 Å². The Labute approximate surface area is 259 Å². The highest BCUT2D eigenvalue weighted by Crippen LogP contribution is 2.40. The van der Waals surface area contributed by atoms with Gasteiger partial charge in [-0.05, 0) is 20.9 Å². The van der Waals surface area contributed by atoms with E-state index in [0.29, 0.717) is 11.3 Å². The zero-order valence-corrected chi connectivity index (χ0v) is 25.7. The summed E-state index contributed by atoms with van der Waals surface area (Å²) >= 11 is 8.32. The number of halogens is 1. The van der Waals surface area contributed by atoms with Gasteiger partial charge < -0.3 is 36.7 Å². The molecule has 0 spiro atoms. The number of oxime groups is 1. The molecule has 2 aromatic heterocycles. The number of β-lactam (4-membered cyclic amide) rings is 1. The maximum atomic E-state index is 13.2. The number of carbonyl (C=O) groups is 4. The standard InChI is InChI=1S/C25H29ClN8O7S2/c1-11-8-33(7-4-14(11)29-6-5-28-3)9-13-10-42-22-17(21(36)34(22)18(13)24(39)40)30-20(35)16(32-41-12(2)23(37)38)15-19(26)43-25(27)31-15/h4,7-8,12,17,22,28H,5-6,9-10H2,1-3H3,(H5,27,30,31,35,37,38,39,40)/p+1/t12-,17?,22?/m0/s1. The molecule has 0 aromatic carbocycles. The fraction of sp³-hybridized carbons (Fsp3) is 0.400. The van der Waals surface area contributed by atoms with Gasteiger partial charge in [-0.2, -0.15) is 0 Å². The summed E-state index contributed by atoms with van der Waals surface area (Å²) in [5, 5.41) is 31.1. The molecule has 0 radical (unpaired) electrons. The van der Waals surface area contributed by atoms with Crippen LogP contribution in [0.4, 0.5) is 10.8 Å². The number of nitrogens with one attached hydrogen (secondary N) is 3. The fourth-order valence-electron chi connectivity index (χ4n) is 4.35. The first-order valence-electron chi connectivity index (χ1n) is 12.9. The second kappa shape index (κ2) is 13.6. The molecule has 4 rings (SSSR count). The lowest BCUT2D eigenvalue weighted by atomic mass is 10.0. The highest BCUT2D eigenvalue weighted by atomic mass is 35.5. The average molecular weight is 654 g/mol. The molecule has 18 heteroatoms. The first-order valence-corrected chi connectivity index (χ1v) is 15.1. The van der Waals surface area contributed by atoms with Crippen molar-refractivity contribution in [2.75, 3.05) is 36.9 Å². The van der Waals surface area contributed by atoms with Crippen LogP contribution in [0.5, 0.6) is 0 Å². The third kappa shape index (κ3) is 7.01. The van der Waals surface area contributed by atoms with Gasteiger partial charge in [-0.1, -0.05) is 28.1 Å². The van der Waals surface area contributed by atoms with Crippen LogP contribution in [0.3, 0.4) is 0 Å². The lowest BCUT2D eigenvalue weighted by Gasteiger charge is -2.49. The fourth-order valence-corrected chi connectivity index (χ4v) is 6.61. The Balaban J connectivity index is 1.52. The topological polar surface area (TPSA) is 212 Å². The number of aryl methyl sites for hydroxylation is 1. The van der Waals surface area contributed by atoms with Gasteiger partial charge in [0.1, 0.15) is 27.1 Å². The molecule has 1 fully saturated rings. The number of rotatable bonds is 13. The number of aliphatic carboxylic acids is 2. The largest absolute Gasteiger partial charge is 0.478 e. The normalized spacial score (nSPS) is 18.9. The van der Waals surface area contributed by atoms with Gasteiger partial charge in [0, 0.05) is 41.7 Å². The molecule has 43 heavy (non-hydrogen) atoms. The third-order valence-corrected chi connectivity index (χ3v) is 8.93. The molecule has 2 aliphatic rings. The number of nitrogen functional groups attached to an aromatic ring is 1. The zero-order valence-electron chi connectivity index (χ0n) is 23.3. The quantitative estimate of drug-likeness (QED) is 0.0564. The molecule has 230 valence electrons. The van der Waals surface area contributed by atoms with E-state index < -0.39 is 47.0 Å². The number of pyridine rings is 1. The van der Waals surface area contributed by atoms with Crippen LogP contribution in [-0.4, -0.2) is 93.0 Å². The third-order valence-electron chi connectivity index (χ3n) is 6.51. The lowest BCUT2D eigenvalue weighted by Crippen LogP contribution is -2.71. The summed E-state index contributed by atoms with van der Waals surface area (Å²) in [7, 11) is 1.87. The number of amides is 2. The van der Waals surface area contributed by atoms with Crippen molar-refractivity contribution in [1.29, 1.82) is 0 Å². The van der Waals surface area contributed by atoms with E-state index >= 15 is 0 Å². The van der Waals surface area contributed by atoms with Gasteiger partial charge in [0.15, 0.2) is 29.8 Å². The molecule has 2 unspecified atom stereocenters. The summed E-state index contributed by atoms with van der Waals surface area (Å²) in [6.07, 6.45) is 2.33. The second-order valence-corrected chi connectivity index (χ2v) is 12.3. The number of carboxylic acid groups (broad SMARTS) is 2. The maximum absolute atomic E-state index is 13.2. The zero-order chi connectivity index (χ0) is 31.4. The maximum Gasteiger partial charge on any atom is 0.352 e. The molecule has 2 aliphatic heterocycles. The second-order valence-electron chi connectivity index (χ2n) is 9.56. The smallest absolute Gasteiger partial charge is 0.352 e. The minimum atomic E-state index is -1.40. The van der Waals surface area contributed by atoms with Crippen LogP contribution in [0.2, 0.25) is 4.34 Å². The number of anilines is 2.